The minimum atomic E-state index is -3.98. The van der Waals surface area contributed by atoms with Gasteiger partial charge in [0.05, 0.1) is 44.0 Å². The minimum absolute atomic E-state index is 0.0445. The van der Waals surface area contributed by atoms with Gasteiger partial charge < -0.3 is 0 Å². The van der Waals surface area contributed by atoms with Gasteiger partial charge in [-0.15, -0.1) is 23.2 Å². The van der Waals surface area contributed by atoms with Crippen molar-refractivity contribution in [3.63, 3.8) is 0 Å². The second kappa shape index (κ2) is 15.2. The van der Waals surface area contributed by atoms with Crippen LogP contribution < -0.4 is 8.61 Å². The predicted molar refractivity (Wildman–Crippen MR) is 200 cm³/mol. The van der Waals surface area contributed by atoms with E-state index < -0.39 is 29.8 Å². The molecule has 0 aliphatic heterocycles. The zero-order chi connectivity index (χ0) is 34.6. The zero-order valence-electron chi connectivity index (χ0n) is 26.3. The molecule has 4 rings (SSSR count). The number of aryl methyl sites for hydroxylation is 2. The van der Waals surface area contributed by atoms with E-state index in [-0.39, 0.29) is 22.9 Å². The lowest BCUT2D eigenvalue weighted by molar-refractivity contribution is 0.583. The summed E-state index contributed by atoms with van der Waals surface area (Å²) in [6, 6.07) is 26.4. The highest BCUT2D eigenvalue weighted by atomic mass is 35.5. The molecule has 0 spiro atoms. The molecule has 0 amide bonds. The number of hydrogen-bond donors (Lipinski definition) is 0. The van der Waals surface area contributed by atoms with Crippen molar-refractivity contribution in [2.75, 3.05) is 33.2 Å². The van der Waals surface area contributed by atoms with Crippen molar-refractivity contribution >= 4 is 89.6 Å². The second-order valence-electron chi connectivity index (χ2n) is 11.9. The molecule has 47 heavy (non-hydrogen) atoms. The Morgan fingerprint density at radius 1 is 0.553 bits per heavy atom. The lowest BCUT2D eigenvalue weighted by Gasteiger charge is -2.34. The van der Waals surface area contributed by atoms with Crippen molar-refractivity contribution in [1.29, 1.82) is 0 Å². The quantitative estimate of drug-likeness (QED) is 0.119. The molecule has 0 heterocycles. The Morgan fingerprint density at radius 3 is 1.15 bits per heavy atom. The second-order valence-corrected chi connectivity index (χ2v) is 19.3. The molecule has 4 aromatic rings. The Morgan fingerprint density at radius 2 is 0.851 bits per heavy atom. The van der Waals surface area contributed by atoms with Gasteiger partial charge in [-0.05, 0) is 100 Å². The molecule has 0 saturated heterocycles. The van der Waals surface area contributed by atoms with E-state index in [9.17, 15) is 16.8 Å². The molecule has 0 unspecified atom stereocenters. The van der Waals surface area contributed by atoms with Gasteiger partial charge in [0.15, 0.2) is 0 Å². The average Bonchev–Trinajstić information content (AvgIpc) is 3.00. The van der Waals surface area contributed by atoms with Crippen LogP contribution in [0.5, 0.6) is 0 Å². The summed E-state index contributed by atoms with van der Waals surface area (Å²) in [5.74, 6) is 0.631. The van der Waals surface area contributed by atoms with Gasteiger partial charge in [0.25, 0.3) is 20.0 Å². The van der Waals surface area contributed by atoms with Gasteiger partial charge in [0.2, 0.25) is 0 Å². The van der Waals surface area contributed by atoms with Gasteiger partial charge in [0, 0.05) is 21.6 Å². The van der Waals surface area contributed by atoms with Crippen LogP contribution in [0.25, 0.3) is 0 Å². The normalized spacial score (nSPS) is 14.6. The number of alkyl halides is 2. The molecule has 6 nitrogen and oxygen atoms in total. The van der Waals surface area contributed by atoms with Crippen LogP contribution >= 0.6 is 58.2 Å². The molecule has 2 atom stereocenters. The van der Waals surface area contributed by atoms with Crippen LogP contribution in [0.2, 0.25) is 10.0 Å². The SMILES string of the molecule is Cc1ccc(S(=O)(=O)N(C[C@@](C)(Cl)CSC[C@](C)(Cl)CN(c2ccc(Cl)cc2)S(=O)(=O)c2ccc(C)cc2)c2ccc(Cl)cc2)cc1. The summed E-state index contributed by atoms with van der Waals surface area (Å²) in [6.07, 6.45) is 0. The third kappa shape index (κ3) is 9.97. The Bertz CT molecular complexity index is 1730. The van der Waals surface area contributed by atoms with E-state index in [4.69, 9.17) is 46.4 Å². The molecule has 0 aliphatic rings. The van der Waals surface area contributed by atoms with Crippen molar-refractivity contribution in [2.24, 2.45) is 0 Å². The fraction of sp³-hybridized carbons (Fsp3) is 0.294. The molecule has 0 fully saturated rings. The Hall–Kier alpha value is -2.11. The summed E-state index contributed by atoms with van der Waals surface area (Å²) in [4.78, 5) is -1.77. The lowest BCUT2D eigenvalue weighted by Crippen LogP contribution is -2.44. The molecule has 0 N–H and O–H groups in total. The number of anilines is 2. The Kier molecular flexibility index (Phi) is 12.2. The van der Waals surface area contributed by atoms with Crippen LogP contribution in [0.3, 0.4) is 0 Å². The first-order valence-corrected chi connectivity index (χ1v) is 20.1. The number of nitrogens with zero attached hydrogens (tertiary/aromatic N) is 2. The topological polar surface area (TPSA) is 74.8 Å². The van der Waals surface area contributed by atoms with Gasteiger partial charge in [-0.3, -0.25) is 8.61 Å². The molecule has 0 bridgehead atoms. The first kappa shape index (κ1) is 37.7. The maximum atomic E-state index is 13.9. The highest BCUT2D eigenvalue weighted by molar-refractivity contribution is 7.99. The number of hydrogen-bond acceptors (Lipinski definition) is 5. The fourth-order valence-electron chi connectivity index (χ4n) is 4.69. The molecule has 252 valence electrons. The Labute approximate surface area is 303 Å². The molecule has 0 radical (unpaired) electrons. The van der Waals surface area contributed by atoms with Crippen molar-refractivity contribution < 1.29 is 16.8 Å². The van der Waals surface area contributed by atoms with Crippen molar-refractivity contribution in [1.82, 2.24) is 0 Å². The molecule has 0 saturated carbocycles. The first-order valence-electron chi connectivity index (χ1n) is 14.6. The van der Waals surface area contributed by atoms with Crippen LogP contribution in [0.15, 0.2) is 107 Å². The van der Waals surface area contributed by atoms with Gasteiger partial charge >= 0.3 is 0 Å². The summed E-state index contributed by atoms with van der Waals surface area (Å²) >= 11 is 27.7. The maximum Gasteiger partial charge on any atom is 0.264 e. The van der Waals surface area contributed by atoms with Crippen LogP contribution in [-0.2, 0) is 20.0 Å². The highest BCUT2D eigenvalue weighted by Crippen LogP contribution is 2.34. The zero-order valence-corrected chi connectivity index (χ0v) is 31.8. The number of thioether (sulfide) groups is 1. The molecular formula is C34H36Cl4N2O4S3. The van der Waals surface area contributed by atoms with E-state index in [2.05, 4.69) is 0 Å². The van der Waals surface area contributed by atoms with Gasteiger partial charge in [-0.25, -0.2) is 16.8 Å². The fourth-order valence-corrected chi connectivity index (χ4v) is 10.1. The van der Waals surface area contributed by atoms with Crippen molar-refractivity contribution in [3.8, 4) is 0 Å². The summed E-state index contributed by atoms with van der Waals surface area (Å²) in [5.41, 5.74) is 2.72. The molecule has 0 aliphatic carbocycles. The third-order valence-corrected chi connectivity index (χ3v) is 13.8. The van der Waals surface area contributed by atoms with Gasteiger partial charge in [-0.2, -0.15) is 11.8 Å². The standard InChI is InChI=1S/C34H36Cl4N2O4S3/c1-25-5-17-31(18-6-25)46(41,42)39(29-13-9-27(35)10-14-29)21-33(3,37)23-45-24-34(4,38)22-40(30-15-11-28(36)12-16-30)47(43,44)32-19-7-26(2)8-20-32/h5-20H,21-24H2,1-4H3/t33-,34-/m1/s1. The van der Waals surface area contributed by atoms with Crippen LogP contribution in [0.4, 0.5) is 11.4 Å². The highest BCUT2D eigenvalue weighted by Gasteiger charge is 2.36. The first-order chi connectivity index (χ1) is 21.9. The summed E-state index contributed by atoms with van der Waals surface area (Å²) in [6.45, 7) is 7.22. The lowest BCUT2D eigenvalue weighted by atomic mass is 10.2. The van der Waals surface area contributed by atoms with Crippen LogP contribution in [0.1, 0.15) is 25.0 Å². The van der Waals surface area contributed by atoms with Crippen LogP contribution in [0, 0.1) is 13.8 Å². The molecule has 0 aromatic heterocycles. The maximum absolute atomic E-state index is 13.9. The predicted octanol–water partition coefficient (Wildman–Crippen LogP) is 9.43. The summed E-state index contributed by atoms with van der Waals surface area (Å²) < 4.78 is 58.1. The van der Waals surface area contributed by atoms with Crippen molar-refractivity contribution in [2.45, 2.75) is 47.2 Å². The van der Waals surface area contributed by atoms with E-state index in [1.165, 1.54) is 20.4 Å². The van der Waals surface area contributed by atoms with Crippen LogP contribution in [-0.4, -0.2) is 51.2 Å². The minimum Gasteiger partial charge on any atom is -0.265 e. The average molecular weight is 775 g/mol. The largest absolute Gasteiger partial charge is 0.265 e. The van der Waals surface area contributed by atoms with E-state index >= 15 is 0 Å². The smallest absolute Gasteiger partial charge is 0.264 e. The number of halogens is 4. The van der Waals surface area contributed by atoms with Gasteiger partial charge in [0.1, 0.15) is 0 Å². The van der Waals surface area contributed by atoms with E-state index in [1.807, 2.05) is 13.8 Å². The van der Waals surface area contributed by atoms with E-state index in [0.29, 0.717) is 32.9 Å². The molecule has 4 aromatic carbocycles. The summed E-state index contributed by atoms with van der Waals surface area (Å²) in [7, 11) is -7.96. The van der Waals surface area contributed by atoms with Crippen molar-refractivity contribution in [3.05, 3.63) is 118 Å². The number of benzene rings is 4. The van der Waals surface area contributed by atoms with Gasteiger partial charge in [-0.1, -0.05) is 58.6 Å². The Balaban J connectivity index is 1.53. The number of sulfonamides is 2. The molecule has 13 heteroatoms. The monoisotopic (exact) mass is 772 g/mol. The number of rotatable bonds is 14. The summed E-state index contributed by atoms with van der Waals surface area (Å²) in [5, 5.41) is 0.952. The third-order valence-electron chi connectivity index (χ3n) is 7.20. The van der Waals surface area contributed by atoms with E-state index in [1.54, 1.807) is 111 Å². The van der Waals surface area contributed by atoms with E-state index in [0.717, 1.165) is 11.1 Å². The molecular weight excluding hydrogens is 738 g/mol.